The molecule has 0 unspecified atom stereocenters. The van der Waals surface area contributed by atoms with Crippen molar-refractivity contribution >= 4 is 22.9 Å². The Labute approximate surface area is 116 Å². The molecule has 2 N–H and O–H groups in total. The van der Waals surface area contributed by atoms with E-state index in [0.29, 0.717) is 36.5 Å². The Morgan fingerprint density at radius 1 is 1.20 bits per heavy atom. The quantitative estimate of drug-likeness (QED) is 0.878. The molecule has 0 bridgehead atoms. The summed E-state index contributed by atoms with van der Waals surface area (Å²) in [5, 5.41) is 0. The zero-order valence-corrected chi connectivity index (χ0v) is 11.3. The van der Waals surface area contributed by atoms with Crippen LogP contribution in [0.25, 0.3) is 11.2 Å². The molecule has 2 aromatic heterocycles. The zero-order valence-electron chi connectivity index (χ0n) is 11.3. The van der Waals surface area contributed by atoms with Gasteiger partial charge in [-0.1, -0.05) is 0 Å². The molecule has 4 rings (SSSR count). The van der Waals surface area contributed by atoms with Gasteiger partial charge < -0.3 is 19.9 Å². The number of imidazole rings is 1. The maximum absolute atomic E-state index is 6.05. The number of hydrogen-bond acceptors (Lipinski definition) is 6. The first-order chi connectivity index (χ1) is 9.83. The van der Waals surface area contributed by atoms with Gasteiger partial charge in [0.1, 0.15) is 5.52 Å². The third-order valence-corrected chi connectivity index (χ3v) is 4.20. The third-order valence-electron chi connectivity index (χ3n) is 4.20. The summed E-state index contributed by atoms with van der Waals surface area (Å²) in [4.78, 5) is 15.6. The van der Waals surface area contributed by atoms with E-state index in [1.165, 1.54) is 19.3 Å². The van der Waals surface area contributed by atoms with Gasteiger partial charge in [-0.15, -0.1) is 0 Å². The molecule has 1 saturated heterocycles. The molecule has 2 fully saturated rings. The minimum atomic E-state index is 0.467. The Hall–Kier alpha value is -1.89. The summed E-state index contributed by atoms with van der Waals surface area (Å²) in [6.07, 6.45) is 5.52. The maximum atomic E-state index is 6.05. The van der Waals surface area contributed by atoms with E-state index in [-0.39, 0.29) is 0 Å². The topological polar surface area (TPSA) is 82.1 Å². The number of rotatable bonds is 2. The number of morpholine rings is 1. The predicted molar refractivity (Wildman–Crippen MR) is 75.7 cm³/mol. The van der Waals surface area contributed by atoms with Crippen molar-refractivity contribution in [2.45, 2.75) is 25.3 Å². The highest BCUT2D eigenvalue weighted by Crippen LogP contribution is 2.34. The molecule has 0 aromatic carbocycles. The second-order valence-corrected chi connectivity index (χ2v) is 5.42. The van der Waals surface area contributed by atoms with E-state index < -0.39 is 0 Å². The lowest BCUT2D eigenvalue weighted by Gasteiger charge is -2.28. The summed E-state index contributed by atoms with van der Waals surface area (Å²) in [6, 6.07) is 0.520. The van der Waals surface area contributed by atoms with Crippen molar-refractivity contribution in [2.24, 2.45) is 0 Å². The first-order valence-corrected chi connectivity index (χ1v) is 7.15. The number of nitrogen functional groups attached to an aromatic ring is 1. The predicted octanol–water partition coefficient (Wildman–Crippen LogP) is 0.970. The molecule has 0 spiro atoms. The molecule has 7 heteroatoms. The number of nitrogens with zero attached hydrogens (tertiary/aromatic N) is 5. The number of nitrogens with two attached hydrogens (primary N) is 1. The number of anilines is 2. The minimum Gasteiger partial charge on any atom is -0.382 e. The summed E-state index contributed by atoms with van der Waals surface area (Å²) in [5.74, 6) is 1.16. The first kappa shape index (κ1) is 11.9. The van der Waals surface area contributed by atoms with Gasteiger partial charge in [-0.25, -0.2) is 4.98 Å². The third kappa shape index (κ3) is 1.81. The largest absolute Gasteiger partial charge is 0.382 e. The van der Waals surface area contributed by atoms with Crippen molar-refractivity contribution in [1.82, 2.24) is 19.5 Å². The lowest BCUT2D eigenvalue weighted by molar-refractivity contribution is 0.122. The molecule has 3 heterocycles. The fourth-order valence-electron chi connectivity index (χ4n) is 2.76. The van der Waals surface area contributed by atoms with E-state index in [1.54, 1.807) is 0 Å². The molecule has 2 aromatic rings. The van der Waals surface area contributed by atoms with Crippen LogP contribution >= 0.6 is 0 Å². The smallest absolute Gasteiger partial charge is 0.229 e. The van der Waals surface area contributed by atoms with Crippen molar-refractivity contribution in [1.29, 1.82) is 0 Å². The summed E-state index contributed by atoms with van der Waals surface area (Å²) in [5.41, 5.74) is 7.63. The van der Waals surface area contributed by atoms with Gasteiger partial charge in [-0.2, -0.15) is 9.97 Å². The first-order valence-electron chi connectivity index (χ1n) is 7.15. The van der Waals surface area contributed by atoms with Crippen LogP contribution in [0.3, 0.4) is 0 Å². The Morgan fingerprint density at radius 2 is 2.00 bits per heavy atom. The second kappa shape index (κ2) is 4.59. The second-order valence-electron chi connectivity index (χ2n) is 5.42. The van der Waals surface area contributed by atoms with Crippen LogP contribution in [0.2, 0.25) is 0 Å². The van der Waals surface area contributed by atoms with Crippen LogP contribution in [0.15, 0.2) is 6.33 Å². The summed E-state index contributed by atoms with van der Waals surface area (Å²) >= 11 is 0. The van der Waals surface area contributed by atoms with Crippen molar-refractivity contribution < 1.29 is 4.74 Å². The van der Waals surface area contributed by atoms with Crippen molar-refractivity contribution in [3.8, 4) is 0 Å². The van der Waals surface area contributed by atoms with Gasteiger partial charge in [-0.3, -0.25) is 0 Å². The van der Waals surface area contributed by atoms with Crippen LogP contribution in [0, 0.1) is 0 Å². The van der Waals surface area contributed by atoms with Crippen LogP contribution in [0.4, 0.5) is 11.8 Å². The van der Waals surface area contributed by atoms with Gasteiger partial charge in [0.05, 0.1) is 19.5 Å². The molecule has 1 aliphatic carbocycles. The van der Waals surface area contributed by atoms with E-state index in [1.807, 2.05) is 6.33 Å². The standard InChI is InChI=1S/C13H18N6O/c14-11-10-12(19(8-15-10)9-2-1-3-9)17-13(16-11)18-4-6-20-7-5-18/h8-9H,1-7H2,(H2,14,16,17). The number of aromatic nitrogens is 4. The average molecular weight is 274 g/mol. The molecular weight excluding hydrogens is 256 g/mol. The maximum Gasteiger partial charge on any atom is 0.229 e. The normalized spacial score (nSPS) is 20.3. The van der Waals surface area contributed by atoms with Gasteiger partial charge in [0.15, 0.2) is 11.5 Å². The Morgan fingerprint density at radius 3 is 2.70 bits per heavy atom. The van der Waals surface area contributed by atoms with Gasteiger partial charge in [0.25, 0.3) is 0 Å². The van der Waals surface area contributed by atoms with Crippen LogP contribution in [0.1, 0.15) is 25.3 Å². The van der Waals surface area contributed by atoms with E-state index in [0.717, 1.165) is 18.7 Å². The van der Waals surface area contributed by atoms with E-state index in [2.05, 4.69) is 19.4 Å². The summed E-state index contributed by atoms with van der Waals surface area (Å²) in [7, 11) is 0. The number of ether oxygens (including phenoxy) is 1. The van der Waals surface area contributed by atoms with Gasteiger partial charge in [0.2, 0.25) is 5.95 Å². The summed E-state index contributed by atoms with van der Waals surface area (Å²) in [6.45, 7) is 3.04. The lowest BCUT2D eigenvalue weighted by atomic mass is 9.93. The van der Waals surface area contributed by atoms with Crippen LogP contribution in [-0.2, 0) is 4.74 Å². The van der Waals surface area contributed by atoms with E-state index >= 15 is 0 Å². The average Bonchev–Trinajstić information content (AvgIpc) is 2.82. The Balaban J connectivity index is 1.78. The number of hydrogen-bond donors (Lipinski definition) is 1. The zero-order chi connectivity index (χ0) is 13.5. The highest BCUT2D eigenvalue weighted by Gasteiger charge is 2.24. The number of fused-ring (bicyclic) bond motifs is 1. The Kier molecular flexibility index (Phi) is 2.73. The molecule has 1 aliphatic heterocycles. The van der Waals surface area contributed by atoms with Crippen molar-refractivity contribution in [3.05, 3.63) is 6.33 Å². The van der Waals surface area contributed by atoms with Gasteiger partial charge >= 0.3 is 0 Å². The van der Waals surface area contributed by atoms with Crippen molar-refractivity contribution in [3.63, 3.8) is 0 Å². The highest BCUT2D eigenvalue weighted by atomic mass is 16.5. The van der Waals surface area contributed by atoms with Crippen LogP contribution in [-0.4, -0.2) is 45.8 Å². The Bertz CT molecular complexity index is 629. The highest BCUT2D eigenvalue weighted by molar-refractivity contribution is 5.83. The fourth-order valence-corrected chi connectivity index (χ4v) is 2.76. The molecule has 7 nitrogen and oxygen atoms in total. The molecular formula is C13H18N6O. The lowest BCUT2D eigenvalue weighted by Crippen LogP contribution is -2.37. The SMILES string of the molecule is Nc1nc(N2CCOCC2)nc2c1ncn2C1CCC1. The molecule has 106 valence electrons. The summed E-state index contributed by atoms with van der Waals surface area (Å²) < 4.78 is 7.52. The molecule has 0 atom stereocenters. The van der Waals surface area contributed by atoms with Gasteiger partial charge in [0, 0.05) is 19.1 Å². The van der Waals surface area contributed by atoms with E-state index in [4.69, 9.17) is 15.5 Å². The van der Waals surface area contributed by atoms with E-state index in [9.17, 15) is 0 Å². The minimum absolute atomic E-state index is 0.467. The van der Waals surface area contributed by atoms with Crippen LogP contribution in [0.5, 0.6) is 0 Å². The van der Waals surface area contributed by atoms with Crippen molar-refractivity contribution in [2.75, 3.05) is 36.9 Å². The molecule has 1 saturated carbocycles. The monoisotopic (exact) mass is 274 g/mol. The molecule has 0 radical (unpaired) electrons. The molecule has 20 heavy (non-hydrogen) atoms. The fraction of sp³-hybridized carbons (Fsp3) is 0.615. The van der Waals surface area contributed by atoms with Gasteiger partial charge in [-0.05, 0) is 19.3 Å². The molecule has 2 aliphatic rings. The molecule has 0 amide bonds. The van der Waals surface area contributed by atoms with Crippen LogP contribution < -0.4 is 10.6 Å².